The maximum Gasteiger partial charge on any atom is 0.226 e. The Labute approximate surface area is 72.8 Å². The molecule has 0 heterocycles. The molecular formula is C10H13NO. The summed E-state index contributed by atoms with van der Waals surface area (Å²) in [5.74, 6) is 0.140. The van der Waals surface area contributed by atoms with Crippen molar-refractivity contribution in [3.8, 4) is 0 Å². The molecule has 2 nitrogen and oxygen atoms in total. The van der Waals surface area contributed by atoms with Crippen molar-refractivity contribution in [2.75, 3.05) is 14.1 Å². The number of benzene rings is 1. The molecule has 1 aromatic rings. The van der Waals surface area contributed by atoms with Gasteiger partial charge in [0.15, 0.2) is 0 Å². The fourth-order valence-corrected chi connectivity index (χ4v) is 0.929. The summed E-state index contributed by atoms with van der Waals surface area (Å²) in [6, 6.07) is 9.75. The Hall–Kier alpha value is -1.31. The number of carbonyl (C=O) groups is 1. The number of amides is 1. The SMILES string of the molecule is CN(C)C(=O)Cc1ccccc1. The number of carbonyl (C=O) groups excluding carboxylic acids is 1. The van der Waals surface area contributed by atoms with Crippen LogP contribution in [0.1, 0.15) is 5.56 Å². The summed E-state index contributed by atoms with van der Waals surface area (Å²) in [5, 5.41) is 0. The zero-order valence-corrected chi connectivity index (χ0v) is 7.45. The van der Waals surface area contributed by atoms with Crippen LogP contribution in [0.2, 0.25) is 0 Å². The lowest BCUT2D eigenvalue weighted by molar-refractivity contribution is -0.127. The van der Waals surface area contributed by atoms with Crippen molar-refractivity contribution >= 4 is 5.91 Å². The van der Waals surface area contributed by atoms with E-state index in [9.17, 15) is 4.79 Å². The second-order valence-corrected chi connectivity index (χ2v) is 2.95. The van der Waals surface area contributed by atoms with E-state index in [1.54, 1.807) is 19.0 Å². The Balaban J connectivity index is 2.59. The van der Waals surface area contributed by atoms with Crippen molar-refractivity contribution in [3.05, 3.63) is 35.9 Å². The van der Waals surface area contributed by atoms with Crippen molar-refractivity contribution in [2.24, 2.45) is 0 Å². The van der Waals surface area contributed by atoms with Crippen LogP contribution in [0.3, 0.4) is 0 Å². The van der Waals surface area contributed by atoms with E-state index in [4.69, 9.17) is 0 Å². The largest absolute Gasteiger partial charge is 0.349 e. The van der Waals surface area contributed by atoms with E-state index in [-0.39, 0.29) is 5.91 Å². The summed E-state index contributed by atoms with van der Waals surface area (Å²) in [5.41, 5.74) is 1.07. The van der Waals surface area contributed by atoms with Crippen LogP contribution >= 0.6 is 0 Å². The topological polar surface area (TPSA) is 20.3 Å². The molecule has 0 bridgehead atoms. The monoisotopic (exact) mass is 163 g/mol. The van der Waals surface area contributed by atoms with Crippen molar-refractivity contribution < 1.29 is 4.79 Å². The van der Waals surface area contributed by atoms with Gasteiger partial charge >= 0.3 is 0 Å². The molecule has 0 radical (unpaired) electrons. The molecule has 1 aromatic carbocycles. The van der Waals surface area contributed by atoms with Gasteiger partial charge in [0.05, 0.1) is 6.42 Å². The molecule has 0 aromatic heterocycles. The smallest absolute Gasteiger partial charge is 0.226 e. The average molecular weight is 163 g/mol. The summed E-state index contributed by atoms with van der Waals surface area (Å²) in [7, 11) is 3.54. The molecule has 64 valence electrons. The van der Waals surface area contributed by atoms with E-state index >= 15 is 0 Å². The van der Waals surface area contributed by atoms with E-state index in [0.29, 0.717) is 6.42 Å². The van der Waals surface area contributed by atoms with Crippen LogP contribution in [0.15, 0.2) is 30.3 Å². The number of likely N-dealkylation sites (N-methyl/N-ethyl adjacent to an activating group) is 1. The highest BCUT2D eigenvalue weighted by atomic mass is 16.2. The number of nitrogens with zero attached hydrogens (tertiary/aromatic N) is 1. The van der Waals surface area contributed by atoms with Crippen LogP contribution in [0.25, 0.3) is 0 Å². The third-order valence-corrected chi connectivity index (χ3v) is 1.70. The summed E-state index contributed by atoms with van der Waals surface area (Å²) in [6.07, 6.45) is 0.494. The number of hydrogen-bond acceptors (Lipinski definition) is 1. The lowest BCUT2D eigenvalue weighted by Crippen LogP contribution is -2.23. The normalized spacial score (nSPS) is 9.50. The Bertz CT molecular complexity index is 254. The van der Waals surface area contributed by atoms with E-state index in [1.807, 2.05) is 30.3 Å². The van der Waals surface area contributed by atoms with E-state index < -0.39 is 0 Å². The van der Waals surface area contributed by atoms with Crippen molar-refractivity contribution in [2.45, 2.75) is 6.42 Å². The molecule has 0 saturated carbocycles. The Morgan fingerprint density at radius 3 is 2.33 bits per heavy atom. The van der Waals surface area contributed by atoms with Gasteiger partial charge in [-0.15, -0.1) is 0 Å². The standard InChI is InChI=1S/C10H13NO/c1-11(2)10(12)8-9-6-4-3-5-7-9/h3-7H,8H2,1-2H3. The first-order valence-electron chi connectivity index (χ1n) is 3.94. The van der Waals surface area contributed by atoms with Crippen LogP contribution in [0.4, 0.5) is 0 Å². The highest BCUT2D eigenvalue weighted by Crippen LogP contribution is 2.00. The molecular weight excluding hydrogens is 150 g/mol. The fraction of sp³-hybridized carbons (Fsp3) is 0.300. The minimum absolute atomic E-state index is 0.140. The molecule has 0 aliphatic carbocycles. The third-order valence-electron chi connectivity index (χ3n) is 1.70. The van der Waals surface area contributed by atoms with Gasteiger partial charge in [-0.3, -0.25) is 4.79 Å². The van der Waals surface area contributed by atoms with Gasteiger partial charge in [0, 0.05) is 14.1 Å². The summed E-state index contributed by atoms with van der Waals surface area (Å²) >= 11 is 0. The van der Waals surface area contributed by atoms with Gasteiger partial charge in [0.2, 0.25) is 5.91 Å². The quantitative estimate of drug-likeness (QED) is 0.644. The summed E-state index contributed by atoms with van der Waals surface area (Å²) in [6.45, 7) is 0. The molecule has 0 aliphatic heterocycles. The minimum atomic E-state index is 0.140. The average Bonchev–Trinajstić information content (AvgIpc) is 2.06. The van der Waals surface area contributed by atoms with Gasteiger partial charge in [-0.1, -0.05) is 30.3 Å². The van der Waals surface area contributed by atoms with Crippen LogP contribution in [0.5, 0.6) is 0 Å². The molecule has 1 amide bonds. The van der Waals surface area contributed by atoms with Crippen LogP contribution in [-0.4, -0.2) is 24.9 Å². The summed E-state index contributed by atoms with van der Waals surface area (Å²) in [4.78, 5) is 12.8. The lowest BCUT2D eigenvalue weighted by atomic mass is 10.1. The van der Waals surface area contributed by atoms with Crippen molar-refractivity contribution in [1.82, 2.24) is 4.90 Å². The van der Waals surface area contributed by atoms with Gasteiger partial charge in [-0.25, -0.2) is 0 Å². The molecule has 2 heteroatoms. The molecule has 1 rings (SSSR count). The molecule has 0 N–H and O–H groups in total. The first-order valence-corrected chi connectivity index (χ1v) is 3.94. The zero-order chi connectivity index (χ0) is 8.97. The van der Waals surface area contributed by atoms with E-state index in [0.717, 1.165) is 5.56 Å². The van der Waals surface area contributed by atoms with Crippen molar-refractivity contribution in [3.63, 3.8) is 0 Å². The highest BCUT2D eigenvalue weighted by Gasteiger charge is 2.03. The predicted octanol–water partition coefficient (Wildman–Crippen LogP) is 1.32. The zero-order valence-electron chi connectivity index (χ0n) is 7.45. The Morgan fingerprint density at radius 2 is 1.83 bits per heavy atom. The maximum absolute atomic E-state index is 11.2. The maximum atomic E-state index is 11.2. The fourth-order valence-electron chi connectivity index (χ4n) is 0.929. The van der Waals surface area contributed by atoms with Gasteiger partial charge in [0.25, 0.3) is 0 Å². The second kappa shape index (κ2) is 3.90. The van der Waals surface area contributed by atoms with Crippen LogP contribution in [-0.2, 0) is 11.2 Å². The molecule has 0 fully saturated rings. The number of hydrogen-bond donors (Lipinski definition) is 0. The highest BCUT2D eigenvalue weighted by molar-refractivity contribution is 5.78. The van der Waals surface area contributed by atoms with E-state index in [1.165, 1.54) is 0 Å². The van der Waals surface area contributed by atoms with Crippen LogP contribution in [0, 0.1) is 0 Å². The first-order chi connectivity index (χ1) is 5.70. The van der Waals surface area contributed by atoms with Crippen LogP contribution < -0.4 is 0 Å². The lowest BCUT2D eigenvalue weighted by Gasteiger charge is -2.09. The summed E-state index contributed by atoms with van der Waals surface area (Å²) < 4.78 is 0. The molecule has 0 atom stereocenters. The molecule has 0 unspecified atom stereocenters. The van der Waals surface area contributed by atoms with Gasteiger partial charge in [0.1, 0.15) is 0 Å². The molecule has 12 heavy (non-hydrogen) atoms. The Morgan fingerprint density at radius 1 is 1.25 bits per heavy atom. The Kier molecular flexibility index (Phi) is 2.86. The van der Waals surface area contributed by atoms with Gasteiger partial charge in [-0.05, 0) is 5.56 Å². The molecule has 0 saturated heterocycles. The van der Waals surface area contributed by atoms with Gasteiger partial charge < -0.3 is 4.90 Å². The first kappa shape index (κ1) is 8.78. The van der Waals surface area contributed by atoms with E-state index in [2.05, 4.69) is 0 Å². The third kappa shape index (κ3) is 2.38. The predicted molar refractivity (Wildman–Crippen MR) is 48.8 cm³/mol. The van der Waals surface area contributed by atoms with Gasteiger partial charge in [-0.2, -0.15) is 0 Å². The minimum Gasteiger partial charge on any atom is -0.349 e. The second-order valence-electron chi connectivity index (χ2n) is 2.95. The molecule has 0 spiro atoms. The van der Waals surface area contributed by atoms with Crippen molar-refractivity contribution in [1.29, 1.82) is 0 Å². The molecule has 0 aliphatic rings. The number of rotatable bonds is 2.